The Bertz CT molecular complexity index is 632. The molecule has 2 rings (SSSR count). The van der Waals surface area contributed by atoms with Crippen LogP contribution < -0.4 is 0 Å². The number of aryl methyl sites for hydroxylation is 3. The largest absolute Gasteiger partial charge is 0.457 e. The van der Waals surface area contributed by atoms with E-state index in [1.165, 1.54) is 0 Å². The molecule has 1 aromatic carbocycles. The minimum absolute atomic E-state index is 0.198. The third kappa shape index (κ3) is 4.27. The van der Waals surface area contributed by atoms with E-state index in [1.807, 2.05) is 26.0 Å². The average molecular weight is 286 g/mol. The highest BCUT2D eigenvalue weighted by molar-refractivity contribution is 5.97. The summed E-state index contributed by atoms with van der Waals surface area (Å²) in [6.07, 6.45) is 0.198. The van der Waals surface area contributed by atoms with Crippen LogP contribution in [0.1, 0.15) is 28.2 Å². The van der Waals surface area contributed by atoms with E-state index in [2.05, 4.69) is 5.10 Å². The summed E-state index contributed by atoms with van der Waals surface area (Å²) < 4.78 is 6.76. The summed E-state index contributed by atoms with van der Waals surface area (Å²) in [7, 11) is 0. The minimum atomic E-state index is -0.396. The third-order valence-corrected chi connectivity index (χ3v) is 3.09. The first-order valence-corrected chi connectivity index (χ1v) is 6.81. The van der Waals surface area contributed by atoms with E-state index in [4.69, 9.17) is 4.74 Å². The van der Waals surface area contributed by atoms with Gasteiger partial charge in [-0.05, 0) is 19.9 Å². The van der Waals surface area contributed by atoms with E-state index in [0.29, 0.717) is 12.1 Å². The molecule has 0 saturated heterocycles. The molecule has 0 bridgehead atoms. The molecule has 5 nitrogen and oxygen atoms in total. The molecule has 0 unspecified atom stereocenters. The van der Waals surface area contributed by atoms with E-state index in [-0.39, 0.29) is 18.8 Å². The standard InChI is InChI=1S/C16H18N2O3/c1-12-10-13(2)18(17-12)9-8-16(20)21-11-15(19)14-6-4-3-5-7-14/h3-7,10H,8-9,11H2,1-2H3. The number of carbonyl (C=O) groups excluding carboxylic acids is 2. The Morgan fingerprint density at radius 2 is 1.90 bits per heavy atom. The van der Waals surface area contributed by atoms with Crippen LogP contribution in [0.2, 0.25) is 0 Å². The number of esters is 1. The molecule has 1 aromatic heterocycles. The van der Waals surface area contributed by atoms with Gasteiger partial charge in [0.2, 0.25) is 0 Å². The number of hydrogen-bond donors (Lipinski definition) is 0. The second kappa shape index (κ2) is 6.83. The van der Waals surface area contributed by atoms with E-state index >= 15 is 0 Å². The van der Waals surface area contributed by atoms with E-state index in [9.17, 15) is 9.59 Å². The molecule has 1 heterocycles. The van der Waals surface area contributed by atoms with Gasteiger partial charge in [-0.3, -0.25) is 14.3 Å². The van der Waals surface area contributed by atoms with Crippen LogP contribution in [0.15, 0.2) is 36.4 Å². The molecular formula is C16H18N2O3. The summed E-state index contributed by atoms with van der Waals surface area (Å²) >= 11 is 0. The lowest BCUT2D eigenvalue weighted by Crippen LogP contribution is -2.16. The fraction of sp³-hybridized carbons (Fsp3) is 0.312. The lowest BCUT2D eigenvalue weighted by molar-refractivity contribution is -0.142. The van der Waals surface area contributed by atoms with Crippen molar-refractivity contribution in [3.05, 3.63) is 53.3 Å². The van der Waals surface area contributed by atoms with Crippen molar-refractivity contribution in [1.29, 1.82) is 0 Å². The molecule has 0 aliphatic carbocycles. The molecule has 0 aliphatic rings. The summed E-state index contributed by atoms with van der Waals surface area (Å²) in [5.74, 6) is -0.595. The predicted octanol–water partition coefficient (Wildman–Crippen LogP) is 2.32. The summed E-state index contributed by atoms with van der Waals surface area (Å²) in [6, 6.07) is 10.7. The second-order valence-corrected chi connectivity index (χ2v) is 4.85. The van der Waals surface area contributed by atoms with Gasteiger partial charge in [0, 0.05) is 11.3 Å². The van der Waals surface area contributed by atoms with Gasteiger partial charge < -0.3 is 4.74 Å². The molecule has 0 aliphatic heterocycles. The molecule has 0 amide bonds. The van der Waals surface area contributed by atoms with Crippen LogP contribution in [0, 0.1) is 13.8 Å². The fourth-order valence-electron chi connectivity index (χ4n) is 2.02. The molecule has 110 valence electrons. The van der Waals surface area contributed by atoms with E-state index < -0.39 is 5.97 Å². The summed E-state index contributed by atoms with van der Waals surface area (Å²) in [5, 5.41) is 4.27. The lowest BCUT2D eigenvalue weighted by atomic mass is 10.1. The van der Waals surface area contributed by atoms with Crippen molar-refractivity contribution in [2.24, 2.45) is 0 Å². The predicted molar refractivity (Wildman–Crippen MR) is 78.0 cm³/mol. The summed E-state index contributed by atoms with van der Waals surface area (Å²) in [6.45, 7) is 4.07. The topological polar surface area (TPSA) is 61.2 Å². The molecule has 0 fully saturated rings. The highest BCUT2D eigenvalue weighted by Gasteiger charge is 2.10. The second-order valence-electron chi connectivity index (χ2n) is 4.85. The van der Waals surface area contributed by atoms with Crippen LogP contribution in [0.25, 0.3) is 0 Å². The number of hydrogen-bond acceptors (Lipinski definition) is 4. The van der Waals surface area contributed by atoms with Crippen LogP contribution >= 0.6 is 0 Å². The number of Topliss-reactive ketones (excluding diaryl/α,β-unsaturated/α-hetero) is 1. The maximum Gasteiger partial charge on any atom is 0.308 e. The quantitative estimate of drug-likeness (QED) is 0.604. The number of ether oxygens (including phenoxy) is 1. The number of ketones is 1. The summed E-state index contributed by atoms with van der Waals surface area (Å²) in [4.78, 5) is 23.4. The van der Waals surface area contributed by atoms with Gasteiger partial charge in [-0.1, -0.05) is 30.3 Å². The molecule has 0 spiro atoms. The van der Waals surface area contributed by atoms with Gasteiger partial charge in [0.25, 0.3) is 0 Å². The maximum absolute atomic E-state index is 11.8. The average Bonchev–Trinajstić information content (AvgIpc) is 2.81. The monoisotopic (exact) mass is 286 g/mol. The van der Waals surface area contributed by atoms with Gasteiger partial charge in [-0.2, -0.15) is 5.10 Å². The Labute approximate surface area is 123 Å². The Kier molecular flexibility index (Phi) is 4.87. The molecule has 0 atom stereocenters. The first kappa shape index (κ1) is 15.0. The van der Waals surface area contributed by atoms with Crippen LogP contribution in [0.3, 0.4) is 0 Å². The minimum Gasteiger partial charge on any atom is -0.457 e. The van der Waals surface area contributed by atoms with E-state index in [0.717, 1.165) is 11.4 Å². The van der Waals surface area contributed by atoms with Crippen molar-refractivity contribution >= 4 is 11.8 Å². The van der Waals surface area contributed by atoms with Gasteiger partial charge in [0.15, 0.2) is 12.4 Å². The molecule has 21 heavy (non-hydrogen) atoms. The number of aromatic nitrogens is 2. The first-order chi connectivity index (χ1) is 10.1. The van der Waals surface area contributed by atoms with Crippen LogP contribution in [0.4, 0.5) is 0 Å². The highest BCUT2D eigenvalue weighted by Crippen LogP contribution is 2.04. The molecule has 5 heteroatoms. The Morgan fingerprint density at radius 3 is 2.52 bits per heavy atom. The Hall–Kier alpha value is -2.43. The maximum atomic E-state index is 11.8. The Morgan fingerprint density at radius 1 is 1.19 bits per heavy atom. The number of rotatable bonds is 6. The van der Waals surface area contributed by atoms with Crippen molar-refractivity contribution in [2.45, 2.75) is 26.8 Å². The van der Waals surface area contributed by atoms with Crippen LogP contribution in [-0.4, -0.2) is 28.1 Å². The zero-order valence-electron chi connectivity index (χ0n) is 12.2. The Balaban J connectivity index is 1.78. The number of carbonyl (C=O) groups is 2. The lowest BCUT2D eigenvalue weighted by Gasteiger charge is -2.06. The normalized spacial score (nSPS) is 10.4. The van der Waals surface area contributed by atoms with E-state index in [1.54, 1.807) is 28.9 Å². The highest BCUT2D eigenvalue weighted by atomic mass is 16.5. The zero-order valence-corrected chi connectivity index (χ0v) is 12.2. The van der Waals surface area contributed by atoms with Crippen molar-refractivity contribution in [1.82, 2.24) is 9.78 Å². The third-order valence-electron chi connectivity index (χ3n) is 3.09. The molecule has 0 N–H and O–H groups in total. The van der Waals surface area contributed by atoms with Gasteiger partial charge in [0.05, 0.1) is 18.7 Å². The van der Waals surface area contributed by atoms with Crippen molar-refractivity contribution in [3.63, 3.8) is 0 Å². The van der Waals surface area contributed by atoms with Crippen molar-refractivity contribution in [2.75, 3.05) is 6.61 Å². The van der Waals surface area contributed by atoms with Gasteiger partial charge in [-0.15, -0.1) is 0 Å². The molecule has 2 aromatic rings. The van der Waals surface area contributed by atoms with Crippen LogP contribution in [0.5, 0.6) is 0 Å². The van der Waals surface area contributed by atoms with Crippen molar-refractivity contribution < 1.29 is 14.3 Å². The number of benzene rings is 1. The number of nitrogens with zero attached hydrogens (tertiary/aromatic N) is 2. The fourth-order valence-corrected chi connectivity index (χ4v) is 2.02. The zero-order chi connectivity index (χ0) is 15.2. The van der Waals surface area contributed by atoms with Crippen molar-refractivity contribution in [3.8, 4) is 0 Å². The molecular weight excluding hydrogens is 268 g/mol. The van der Waals surface area contributed by atoms with Gasteiger partial charge in [0.1, 0.15) is 0 Å². The van der Waals surface area contributed by atoms with Crippen LogP contribution in [-0.2, 0) is 16.1 Å². The molecule has 0 radical (unpaired) electrons. The van der Waals surface area contributed by atoms with Gasteiger partial charge >= 0.3 is 5.97 Å². The summed E-state index contributed by atoms with van der Waals surface area (Å²) in [5.41, 5.74) is 2.46. The molecule has 0 saturated carbocycles. The smallest absolute Gasteiger partial charge is 0.308 e. The SMILES string of the molecule is Cc1cc(C)n(CCC(=O)OCC(=O)c2ccccc2)n1. The van der Waals surface area contributed by atoms with Gasteiger partial charge in [-0.25, -0.2) is 0 Å². The first-order valence-electron chi connectivity index (χ1n) is 6.81.